The van der Waals surface area contributed by atoms with Crippen molar-refractivity contribution in [3.8, 4) is 0 Å². The molecule has 0 bridgehead atoms. The fraction of sp³-hybridized carbons (Fsp3) is 0.429. The summed E-state index contributed by atoms with van der Waals surface area (Å²) in [6.45, 7) is 2.63. The molecule has 1 aliphatic rings. The molecule has 9 heteroatoms. The number of likely N-dealkylation sites (tertiary alicyclic amines) is 1. The number of aromatic nitrogens is 4. The number of hydrogen-bond donors (Lipinski definition) is 1. The molecule has 1 aliphatic heterocycles. The molecule has 1 saturated heterocycles. The summed E-state index contributed by atoms with van der Waals surface area (Å²) >= 11 is 0. The molecule has 0 unspecified atom stereocenters. The molecule has 0 aliphatic carbocycles. The molecular weight excluding hydrogens is 300 g/mol. The summed E-state index contributed by atoms with van der Waals surface area (Å²) in [5, 5.41) is 6.49. The van der Waals surface area contributed by atoms with Gasteiger partial charge in [0.05, 0.1) is 12.7 Å². The van der Waals surface area contributed by atoms with Gasteiger partial charge in [0, 0.05) is 25.4 Å². The van der Waals surface area contributed by atoms with E-state index in [1.54, 1.807) is 4.90 Å². The van der Waals surface area contributed by atoms with Crippen LogP contribution >= 0.6 is 0 Å². The lowest BCUT2D eigenvalue weighted by Crippen LogP contribution is -2.27. The summed E-state index contributed by atoms with van der Waals surface area (Å²) in [6.07, 6.45) is 5.46. The molecule has 3 rings (SSSR count). The zero-order valence-electron chi connectivity index (χ0n) is 12.6. The Morgan fingerprint density at radius 3 is 3.09 bits per heavy atom. The normalized spacial score (nSPS) is 17.5. The van der Waals surface area contributed by atoms with Crippen molar-refractivity contribution in [3.63, 3.8) is 0 Å². The van der Waals surface area contributed by atoms with Crippen molar-refractivity contribution < 1.29 is 14.1 Å². The predicted octanol–water partition coefficient (Wildman–Crippen LogP) is 0.473. The van der Waals surface area contributed by atoms with Gasteiger partial charge < -0.3 is 14.7 Å². The second-order valence-corrected chi connectivity index (χ2v) is 5.06. The van der Waals surface area contributed by atoms with Gasteiger partial charge in [0.1, 0.15) is 11.7 Å². The predicted molar refractivity (Wildman–Crippen MR) is 76.9 cm³/mol. The van der Waals surface area contributed by atoms with Crippen LogP contribution < -0.4 is 5.32 Å². The van der Waals surface area contributed by atoms with Gasteiger partial charge in [-0.05, 0) is 13.3 Å². The highest BCUT2D eigenvalue weighted by Gasteiger charge is 2.34. The highest BCUT2D eigenvalue weighted by molar-refractivity contribution is 5.91. The van der Waals surface area contributed by atoms with Crippen molar-refractivity contribution in [1.82, 2.24) is 30.3 Å². The summed E-state index contributed by atoms with van der Waals surface area (Å²) in [5.41, 5.74) is 0.217. The van der Waals surface area contributed by atoms with Gasteiger partial charge in [0.15, 0.2) is 5.82 Å². The van der Waals surface area contributed by atoms with Crippen molar-refractivity contribution in [2.75, 3.05) is 6.54 Å². The fourth-order valence-corrected chi connectivity index (χ4v) is 2.53. The Morgan fingerprint density at radius 2 is 2.35 bits per heavy atom. The van der Waals surface area contributed by atoms with Crippen molar-refractivity contribution in [3.05, 3.63) is 36.0 Å². The Hall–Kier alpha value is -2.84. The number of hydrogen-bond acceptors (Lipinski definition) is 7. The van der Waals surface area contributed by atoms with E-state index in [-0.39, 0.29) is 30.1 Å². The van der Waals surface area contributed by atoms with Gasteiger partial charge in [0.2, 0.25) is 11.8 Å². The molecule has 2 aromatic rings. The Morgan fingerprint density at radius 1 is 1.48 bits per heavy atom. The minimum Gasteiger partial charge on any atom is -0.343 e. The van der Waals surface area contributed by atoms with Gasteiger partial charge >= 0.3 is 0 Å². The molecule has 0 saturated carbocycles. The third kappa shape index (κ3) is 3.17. The van der Waals surface area contributed by atoms with Crippen LogP contribution in [0.25, 0.3) is 0 Å². The van der Waals surface area contributed by atoms with E-state index in [0.717, 1.165) is 0 Å². The summed E-state index contributed by atoms with van der Waals surface area (Å²) in [7, 11) is 0. The molecular formula is C14H16N6O3. The second-order valence-electron chi connectivity index (χ2n) is 5.06. The largest absolute Gasteiger partial charge is 0.343 e. The van der Waals surface area contributed by atoms with E-state index in [2.05, 4.69) is 25.4 Å². The Labute approximate surface area is 132 Å². The molecule has 120 valence electrons. The first kappa shape index (κ1) is 15.1. The van der Waals surface area contributed by atoms with Crippen LogP contribution in [0.4, 0.5) is 0 Å². The molecule has 1 fully saturated rings. The molecule has 1 atom stereocenters. The Kier molecular flexibility index (Phi) is 4.26. The molecule has 0 spiro atoms. The van der Waals surface area contributed by atoms with Gasteiger partial charge in [-0.3, -0.25) is 14.6 Å². The zero-order valence-corrected chi connectivity index (χ0v) is 12.6. The number of nitrogens with one attached hydrogen (secondary N) is 1. The van der Waals surface area contributed by atoms with E-state index >= 15 is 0 Å². The van der Waals surface area contributed by atoms with Crippen LogP contribution in [0.15, 0.2) is 23.1 Å². The van der Waals surface area contributed by atoms with E-state index in [1.807, 2.05) is 6.92 Å². The van der Waals surface area contributed by atoms with Crippen LogP contribution in [0.1, 0.15) is 48.0 Å². The zero-order chi connectivity index (χ0) is 16.2. The molecule has 3 heterocycles. The number of rotatable bonds is 5. The van der Waals surface area contributed by atoms with E-state index < -0.39 is 0 Å². The van der Waals surface area contributed by atoms with E-state index in [9.17, 15) is 9.59 Å². The van der Waals surface area contributed by atoms with Gasteiger partial charge in [-0.15, -0.1) is 0 Å². The maximum Gasteiger partial charge on any atom is 0.271 e. The number of nitrogens with zero attached hydrogens (tertiary/aromatic N) is 5. The van der Waals surface area contributed by atoms with Crippen LogP contribution in [0.2, 0.25) is 0 Å². The van der Waals surface area contributed by atoms with Crippen LogP contribution in [0, 0.1) is 0 Å². The third-order valence-electron chi connectivity index (χ3n) is 3.64. The van der Waals surface area contributed by atoms with Gasteiger partial charge in [-0.25, -0.2) is 4.98 Å². The van der Waals surface area contributed by atoms with E-state index in [4.69, 9.17) is 4.52 Å². The van der Waals surface area contributed by atoms with Crippen LogP contribution in [-0.2, 0) is 11.3 Å². The van der Waals surface area contributed by atoms with Crippen molar-refractivity contribution in [2.24, 2.45) is 0 Å². The average Bonchev–Trinajstić information content (AvgIpc) is 3.19. The topological polar surface area (TPSA) is 114 Å². The lowest BCUT2D eigenvalue weighted by Gasteiger charge is -2.19. The SMILES string of the molecule is CCN1C(=O)CC[C@H]1c1nc(CNC(=O)c2cnccn2)no1. The molecule has 0 radical (unpaired) electrons. The monoisotopic (exact) mass is 316 g/mol. The Balaban J connectivity index is 1.62. The lowest BCUT2D eigenvalue weighted by atomic mass is 10.2. The van der Waals surface area contributed by atoms with Crippen molar-refractivity contribution in [1.29, 1.82) is 0 Å². The molecule has 2 amide bonds. The van der Waals surface area contributed by atoms with Crippen molar-refractivity contribution >= 4 is 11.8 Å². The number of carbonyl (C=O) groups excluding carboxylic acids is 2. The van der Waals surface area contributed by atoms with Gasteiger partial charge in [0.25, 0.3) is 5.91 Å². The first-order valence-electron chi connectivity index (χ1n) is 7.35. The van der Waals surface area contributed by atoms with Crippen LogP contribution in [0.3, 0.4) is 0 Å². The molecule has 9 nitrogen and oxygen atoms in total. The number of amides is 2. The lowest BCUT2D eigenvalue weighted by molar-refractivity contribution is -0.129. The van der Waals surface area contributed by atoms with Crippen molar-refractivity contribution in [2.45, 2.75) is 32.4 Å². The molecule has 2 aromatic heterocycles. The first-order valence-corrected chi connectivity index (χ1v) is 7.35. The van der Waals surface area contributed by atoms with Gasteiger partial charge in [-0.1, -0.05) is 5.16 Å². The minimum absolute atomic E-state index is 0.0909. The maximum absolute atomic E-state index is 11.9. The average molecular weight is 316 g/mol. The quantitative estimate of drug-likeness (QED) is 0.852. The Bertz CT molecular complexity index is 702. The molecule has 1 N–H and O–H groups in total. The summed E-state index contributed by atoms with van der Waals surface area (Å²) < 4.78 is 5.23. The van der Waals surface area contributed by atoms with Crippen LogP contribution in [-0.4, -0.2) is 43.4 Å². The van der Waals surface area contributed by atoms with Gasteiger partial charge in [-0.2, -0.15) is 4.98 Å². The fourth-order valence-electron chi connectivity index (χ4n) is 2.53. The third-order valence-corrected chi connectivity index (χ3v) is 3.64. The summed E-state index contributed by atoms with van der Waals surface area (Å²) in [4.78, 5) is 37.3. The number of carbonyl (C=O) groups is 2. The molecule has 23 heavy (non-hydrogen) atoms. The highest BCUT2D eigenvalue weighted by Crippen LogP contribution is 2.31. The van der Waals surface area contributed by atoms with E-state index in [1.165, 1.54) is 18.6 Å². The first-order chi connectivity index (χ1) is 11.2. The summed E-state index contributed by atoms with van der Waals surface area (Å²) in [5.74, 6) is 0.484. The molecule has 0 aromatic carbocycles. The second kappa shape index (κ2) is 6.51. The smallest absolute Gasteiger partial charge is 0.271 e. The highest BCUT2D eigenvalue weighted by atomic mass is 16.5. The van der Waals surface area contributed by atoms with Crippen LogP contribution in [0.5, 0.6) is 0 Å². The minimum atomic E-state index is -0.365. The maximum atomic E-state index is 11.9. The summed E-state index contributed by atoms with van der Waals surface area (Å²) in [6, 6.07) is -0.176. The standard InChI is InChI=1S/C14H16N6O3/c1-2-20-10(3-4-12(20)21)14-18-11(19-23-14)8-17-13(22)9-7-15-5-6-16-9/h5-7,10H,2-4,8H2,1H3,(H,17,22)/t10-/m0/s1. The van der Waals surface area contributed by atoms with E-state index in [0.29, 0.717) is 31.1 Å².